The molecule has 4 saturated carbocycles. The maximum atomic E-state index is 13.6. The van der Waals surface area contributed by atoms with Crippen molar-refractivity contribution in [1.82, 2.24) is 4.90 Å². The van der Waals surface area contributed by atoms with E-state index in [1.165, 1.54) is 37.7 Å². The van der Waals surface area contributed by atoms with Crippen molar-refractivity contribution in [3.63, 3.8) is 0 Å². The molecule has 0 heterocycles. The minimum absolute atomic E-state index is 0.206. The number of amides is 1. The molecule has 4 aliphatic carbocycles. The highest BCUT2D eigenvalue weighted by Crippen LogP contribution is 2.61. The first kappa shape index (κ1) is 23.1. The van der Waals surface area contributed by atoms with Crippen LogP contribution in [0, 0.1) is 29.1 Å². The van der Waals surface area contributed by atoms with Gasteiger partial charge in [-0.2, -0.15) is 0 Å². The quantitative estimate of drug-likeness (QED) is 0.505. The van der Waals surface area contributed by atoms with Gasteiger partial charge in [0, 0.05) is 19.0 Å². The van der Waals surface area contributed by atoms with Crippen molar-refractivity contribution in [3.05, 3.63) is 59.7 Å². The summed E-state index contributed by atoms with van der Waals surface area (Å²) in [7, 11) is 0. The zero-order valence-corrected chi connectivity index (χ0v) is 20.5. The summed E-state index contributed by atoms with van der Waals surface area (Å²) in [5.41, 5.74) is 3.95. The Balaban J connectivity index is 1.31. The minimum atomic E-state index is -0.910. The van der Waals surface area contributed by atoms with E-state index >= 15 is 0 Å². The first-order valence-corrected chi connectivity index (χ1v) is 13.0. The van der Waals surface area contributed by atoms with Crippen LogP contribution in [0.1, 0.15) is 74.7 Å². The molecule has 0 aliphatic heterocycles. The number of hydrogen-bond donors (Lipinski definition) is 1. The second-order valence-corrected chi connectivity index (χ2v) is 11.5. The third-order valence-corrected chi connectivity index (χ3v) is 9.26. The number of carbonyl (C=O) groups is 2. The summed E-state index contributed by atoms with van der Waals surface area (Å²) in [4.78, 5) is 26.9. The van der Waals surface area contributed by atoms with Crippen LogP contribution in [0.15, 0.2) is 48.5 Å². The van der Waals surface area contributed by atoms with Crippen LogP contribution < -0.4 is 0 Å². The van der Waals surface area contributed by atoms with Crippen LogP contribution in [-0.2, 0) is 11.3 Å². The lowest BCUT2D eigenvalue weighted by molar-refractivity contribution is -0.143. The Morgan fingerprint density at radius 2 is 1.53 bits per heavy atom. The van der Waals surface area contributed by atoms with Crippen molar-refractivity contribution in [2.75, 3.05) is 6.54 Å². The van der Waals surface area contributed by atoms with Crippen molar-refractivity contribution in [3.8, 4) is 11.1 Å². The standard InChI is InChI=1S/C30H37NO3/c1-30(2)26-16-15-25(27(30)17-26)19-31(28(32)23-5-3-4-6-23)18-20-7-9-21(10-8-20)22-11-13-24(14-12-22)29(33)34/h7-14,23,25-27H,3-6,15-19H2,1-2H3,(H,33,34)/t25?,26?,27-/m0/s1. The van der Waals surface area contributed by atoms with E-state index in [4.69, 9.17) is 5.11 Å². The smallest absolute Gasteiger partial charge is 0.335 e. The molecule has 1 amide bonds. The predicted molar refractivity (Wildman–Crippen MR) is 134 cm³/mol. The molecule has 180 valence electrons. The minimum Gasteiger partial charge on any atom is -0.478 e. The summed E-state index contributed by atoms with van der Waals surface area (Å²) in [6, 6.07) is 15.4. The van der Waals surface area contributed by atoms with Crippen LogP contribution in [0.2, 0.25) is 0 Å². The van der Waals surface area contributed by atoms with E-state index in [-0.39, 0.29) is 5.92 Å². The third-order valence-electron chi connectivity index (χ3n) is 9.26. The normalized spacial score (nSPS) is 25.5. The predicted octanol–water partition coefficient (Wildman–Crippen LogP) is 6.64. The molecule has 3 atom stereocenters. The molecule has 4 fully saturated rings. The summed E-state index contributed by atoms with van der Waals surface area (Å²) in [6.45, 7) is 6.45. The molecule has 2 aromatic rings. The highest BCUT2D eigenvalue weighted by Gasteiger charge is 2.54. The van der Waals surface area contributed by atoms with Gasteiger partial charge in [-0.25, -0.2) is 4.79 Å². The number of carboxylic acids is 1. The van der Waals surface area contributed by atoms with E-state index in [2.05, 4.69) is 43.0 Å². The number of benzene rings is 2. The van der Waals surface area contributed by atoms with Gasteiger partial charge in [0.05, 0.1) is 5.56 Å². The van der Waals surface area contributed by atoms with Crippen LogP contribution in [0.5, 0.6) is 0 Å². The van der Waals surface area contributed by atoms with Gasteiger partial charge in [-0.15, -0.1) is 0 Å². The van der Waals surface area contributed by atoms with Gasteiger partial charge in [0.15, 0.2) is 0 Å². The van der Waals surface area contributed by atoms with Crippen molar-refractivity contribution in [1.29, 1.82) is 0 Å². The number of nitrogens with zero attached hydrogens (tertiary/aromatic N) is 1. The summed E-state index contributed by atoms with van der Waals surface area (Å²) in [5.74, 6) is 1.92. The zero-order chi connectivity index (χ0) is 23.9. The fourth-order valence-electron chi connectivity index (χ4n) is 6.96. The molecule has 1 N–H and O–H groups in total. The fourth-order valence-corrected chi connectivity index (χ4v) is 6.96. The van der Waals surface area contributed by atoms with Crippen molar-refractivity contribution >= 4 is 11.9 Å². The van der Waals surface area contributed by atoms with E-state index in [1.807, 2.05) is 12.1 Å². The Hall–Kier alpha value is -2.62. The lowest BCUT2D eigenvalue weighted by atomic mass is 9.45. The summed E-state index contributed by atoms with van der Waals surface area (Å²) < 4.78 is 0. The fraction of sp³-hybridized carbons (Fsp3) is 0.533. The number of fused-ring (bicyclic) bond motifs is 2. The summed E-state index contributed by atoms with van der Waals surface area (Å²) >= 11 is 0. The van der Waals surface area contributed by atoms with Gasteiger partial charge in [0.1, 0.15) is 0 Å². The molecule has 34 heavy (non-hydrogen) atoms. The molecule has 2 bridgehead atoms. The van der Waals surface area contributed by atoms with Gasteiger partial charge in [-0.3, -0.25) is 4.79 Å². The molecule has 4 nitrogen and oxygen atoms in total. The Morgan fingerprint density at radius 1 is 0.912 bits per heavy atom. The molecule has 4 aliphatic rings. The van der Waals surface area contributed by atoms with E-state index in [9.17, 15) is 9.59 Å². The van der Waals surface area contributed by atoms with E-state index < -0.39 is 5.97 Å². The van der Waals surface area contributed by atoms with Crippen molar-refractivity contribution in [2.45, 2.75) is 65.3 Å². The molecule has 2 unspecified atom stereocenters. The number of rotatable bonds is 7. The summed E-state index contributed by atoms with van der Waals surface area (Å²) in [6.07, 6.45) is 8.37. The number of carbonyl (C=O) groups excluding carboxylic acids is 1. The lowest BCUT2D eigenvalue weighted by Gasteiger charge is -2.60. The van der Waals surface area contributed by atoms with Gasteiger partial charge >= 0.3 is 5.97 Å². The second-order valence-electron chi connectivity index (χ2n) is 11.5. The van der Waals surface area contributed by atoms with Crippen molar-refractivity contribution in [2.24, 2.45) is 29.1 Å². The number of hydrogen-bond acceptors (Lipinski definition) is 2. The maximum absolute atomic E-state index is 13.6. The van der Waals surface area contributed by atoms with Crippen LogP contribution in [-0.4, -0.2) is 28.4 Å². The molecule has 0 radical (unpaired) electrons. The van der Waals surface area contributed by atoms with E-state index in [1.54, 1.807) is 12.1 Å². The highest BCUT2D eigenvalue weighted by atomic mass is 16.4. The summed E-state index contributed by atoms with van der Waals surface area (Å²) in [5, 5.41) is 9.12. The van der Waals surface area contributed by atoms with Gasteiger partial charge in [0.2, 0.25) is 5.91 Å². The number of aromatic carboxylic acids is 1. The third kappa shape index (κ3) is 4.39. The van der Waals surface area contributed by atoms with Gasteiger partial charge in [-0.1, -0.05) is 63.1 Å². The van der Waals surface area contributed by atoms with Crippen molar-refractivity contribution < 1.29 is 14.7 Å². The lowest BCUT2D eigenvalue weighted by Crippen LogP contribution is -2.55. The van der Waals surface area contributed by atoms with Gasteiger partial charge in [0.25, 0.3) is 0 Å². The monoisotopic (exact) mass is 459 g/mol. The van der Waals surface area contributed by atoms with E-state index in [0.29, 0.717) is 29.3 Å². The molecule has 0 spiro atoms. The first-order chi connectivity index (χ1) is 16.3. The molecule has 0 saturated heterocycles. The topological polar surface area (TPSA) is 57.6 Å². The molecular weight excluding hydrogens is 422 g/mol. The second kappa shape index (κ2) is 9.20. The Labute approximate surface area is 203 Å². The molecule has 2 aromatic carbocycles. The molecule has 0 aromatic heterocycles. The van der Waals surface area contributed by atoms with Crippen LogP contribution in [0.25, 0.3) is 11.1 Å². The highest BCUT2D eigenvalue weighted by molar-refractivity contribution is 5.88. The van der Waals surface area contributed by atoms with Gasteiger partial charge < -0.3 is 10.0 Å². The van der Waals surface area contributed by atoms with E-state index in [0.717, 1.165) is 42.3 Å². The average molecular weight is 460 g/mol. The zero-order valence-electron chi connectivity index (χ0n) is 20.5. The molecule has 4 heteroatoms. The average Bonchev–Trinajstić information content (AvgIpc) is 3.39. The largest absolute Gasteiger partial charge is 0.478 e. The van der Waals surface area contributed by atoms with Crippen LogP contribution in [0.3, 0.4) is 0 Å². The van der Waals surface area contributed by atoms with Crippen LogP contribution >= 0.6 is 0 Å². The molecule has 6 rings (SSSR count). The van der Waals surface area contributed by atoms with Crippen LogP contribution in [0.4, 0.5) is 0 Å². The maximum Gasteiger partial charge on any atom is 0.335 e. The number of carboxylic acid groups (broad SMARTS) is 1. The SMILES string of the molecule is CC1(C)C2CCC(CN(Cc3ccc(-c4ccc(C(=O)O)cc4)cc3)C(=O)C3CCCC3)[C@@H]1C2. The Bertz CT molecular complexity index is 1030. The first-order valence-electron chi connectivity index (χ1n) is 13.0. The molecular formula is C30H37NO3. The Morgan fingerprint density at radius 3 is 2.09 bits per heavy atom. The Kier molecular flexibility index (Phi) is 6.26. The van der Waals surface area contributed by atoms with Gasteiger partial charge in [-0.05, 0) is 84.1 Å².